The number of guanidine groups is 1. The zero-order valence-electron chi connectivity index (χ0n) is 40.6. The first-order chi connectivity index (χ1) is 30.7. The van der Waals surface area contributed by atoms with Gasteiger partial charge in [0.2, 0.25) is 5.96 Å². The van der Waals surface area contributed by atoms with E-state index in [2.05, 4.69) is 15.6 Å². The van der Waals surface area contributed by atoms with Crippen molar-refractivity contribution >= 4 is 47.7 Å². The molecule has 0 bridgehead atoms. The van der Waals surface area contributed by atoms with Gasteiger partial charge < -0.3 is 33.3 Å². The fourth-order valence-electron chi connectivity index (χ4n) is 5.69. The Labute approximate surface area is 389 Å². The second kappa shape index (κ2) is 24.0. The summed E-state index contributed by atoms with van der Waals surface area (Å²) in [5.41, 5.74) is -1.52. The van der Waals surface area contributed by atoms with Gasteiger partial charge in [0.05, 0.1) is 13.2 Å². The van der Waals surface area contributed by atoms with E-state index in [1.165, 1.54) is 4.90 Å². The second-order valence-electron chi connectivity index (χ2n) is 19.2. The molecular weight excluding hydrogens is 847 g/mol. The monoisotopic (exact) mass is 916 g/mol. The van der Waals surface area contributed by atoms with Crippen molar-refractivity contribution in [3.63, 3.8) is 0 Å². The van der Waals surface area contributed by atoms with Crippen molar-refractivity contribution < 1.29 is 47.6 Å². The van der Waals surface area contributed by atoms with Crippen molar-refractivity contribution in [3.8, 4) is 11.5 Å². The predicted octanol–water partition coefficient (Wildman–Crippen LogP) is 10.4. The smallest absolute Gasteiger partial charge is 0.437 e. The first kappa shape index (κ1) is 53.7. The van der Waals surface area contributed by atoms with Gasteiger partial charge in [-0.3, -0.25) is 21.5 Å². The molecule has 0 radical (unpaired) electrons. The number of aliphatic imine (C=N–C) groups is 1. The number of amides is 4. The lowest BCUT2D eigenvalue weighted by Gasteiger charge is -2.34. The Balaban J connectivity index is 1.77. The standard InChI is InChI=1S/C49H69N7O10/c1-46(2,3)63-42(57)52-39(50)34-22-26-37(27-23-34)61-32-18-16-30-55(36-20-14-13-15-21-36)41(54-44(59)65-48(7,8)9)56(45(60)66-49(10,11)12)31-17-19-33-62-38-28-24-35(25-29-38)40(51)53-43(58)64-47(4,5)6/h13-15,20-29H,16-19,30-33H2,1-12H3,(H2,50,52,57)(H2,51,53,58)/b54-41-. The zero-order chi connectivity index (χ0) is 49.3. The van der Waals surface area contributed by atoms with Crippen LogP contribution in [0.5, 0.6) is 11.5 Å². The summed E-state index contributed by atoms with van der Waals surface area (Å²) in [4.78, 5) is 59.5. The number of alkyl carbamates (subject to hydrolysis) is 2. The summed E-state index contributed by atoms with van der Waals surface area (Å²) >= 11 is 0. The van der Waals surface area contributed by atoms with Crippen LogP contribution in [0.25, 0.3) is 0 Å². The Bertz CT molecular complexity index is 2120. The maximum atomic E-state index is 14.1. The average molecular weight is 916 g/mol. The first-order valence-corrected chi connectivity index (χ1v) is 22.0. The number of nitrogens with zero attached hydrogens (tertiary/aromatic N) is 3. The van der Waals surface area contributed by atoms with Crippen LogP contribution >= 0.6 is 0 Å². The third-order valence-electron chi connectivity index (χ3n) is 8.38. The second-order valence-corrected chi connectivity index (χ2v) is 19.2. The summed E-state index contributed by atoms with van der Waals surface area (Å²) in [6, 6.07) is 22.8. The Morgan fingerprint density at radius 2 is 0.939 bits per heavy atom. The van der Waals surface area contributed by atoms with Crippen molar-refractivity contribution in [1.29, 1.82) is 10.8 Å². The van der Waals surface area contributed by atoms with Gasteiger partial charge in [-0.05, 0) is 169 Å². The Hall–Kier alpha value is -6.65. The Kier molecular flexibility index (Phi) is 19.6. The minimum atomic E-state index is -0.880. The summed E-state index contributed by atoms with van der Waals surface area (Å²) in [6.45, 7) is 22.0. The third kappa shape index (κ3) is 20.9. The van der Waals surface area contributed by atoms with Crippen molar-refractivity contribution in [2.75, 3.05) is 31.2 Å². The van der Waals surface area contributed by atoms with E-state index >= 15 is 0 Å². The molecule has 0 unspecified atom stereocenters. The molecule has 0 aromatic heterocycles. The molecule has 17 heteroatoms. The summed E-state index contributed by atoms with van der Waals surface area (Å²) in [6.07, 6.45) is -0.958. The minimum Gasteiger partial charge on any atom is -0.494 e. The molecule has 66 heavy (non-hydrogen) atoms. The number of nitrogens with one attached hydrogen (secondary N) is 4. The van der Waals surface area contributed by atoms with E-state index in [-0.39, 0.29) is 30.8 Å². The number of amidine groups is 2. The molecule has 0 saturated carbocycles. The molecule has 17 nitrogen and oxygen atoms in total. The van der Waals surface area contributed by atoms with Gasteiger partial charge in [-0.15, -0.1) is 4.99 Å². The maximum Gasteiger partial charge on any atom is 0.437 e. The summed E-state index contributed by atoms with van der Waals surface area (Å²) in [5, 5.41) is 21.3. The predicted molar refractivity (Wildman–Crippen MR) is 255 cm³/mol. The van der Waals surface area contributed by atoms with Crippen LogP contribution in [0, 0.1) is 10.8 Å². The van der Waals surface area contributed by atoms with Crippen LogP contribution in [0.2, 0.25) is 0 Å². The number of carbonyl (C=O) groups is 4. The highest BCUT2D eigenvalue weighted by molar-refractivity contribution is 6.08. The molecule has 360 valence electrons. The third-order valence-corrected chi connectivity index (χ3v) is 8.38. The molecular formula is C49H69N7O10. The number of hydrogen-bond donors (Lipinski definition) is 4. The van der Waals surface area contributed by atoms with E-state index in [4.69, 9.17) is 39.2 Å². The van der Waals surface area contributed by atoms with Gasteiger partial charge >= 0.3 is 24.4 Å². The highest BCUT2D eigenvalue weighted by Crippen LogP contribution is 2.22. The van der Waals surface area contributed by atoms with Crippen LogP contribution in [0.1, 0.15) is 120 Å². The number of carbonyl (C=O) groups excluding carboxylic acids is 4. The summed E-state index contributed by atoms with van der Waals surface area (Å²) in [7, 11) is 0. The number of para-hydroxylation sites is 1. The van der Waals surface area contributed by atoms with Crippen molar-refractivity contribution in [2.45, 2.75) is 131 Å². The highest BCUT2D eigenvalue weighted by Gasteiger charge is 2.31. The van der Waals surface area contributed by atoms with Crippen LogP contribution in [0.3, 0.4) is 0 Å². The number of hydrogen-bond acceptors (Lipinski definition) is 12. The molecule has 0 atom stereocenters. The number of unbranched alkanes of at least 4 members (excludes halogenated alkanes) is 2. The van der Waals surface area contributed by atoms with Gasteiger partial charge in [0, 0.05) is 29.9 Å². The fraction of sp³-hybridized carbons (Fsp3) is 0.490. The van der Waals surface area contributed by atoms with E-state index < -0.39 is 46.8 Å². The quantitative estimate of drug-likeness (QED) is 0.0487. The molecule has 0 aliphatic heterocycles. The fourth-order valence-corrected chi connectivity index (χ4v) is 5.69. The van der Waals surface area contributed by atoms with Crippen molar-refractivity contribution in [2.24, 2.45) is 4.99 Å². The molecule has 0 aliphatic rings. The lowest BCUT2D eigenvalue weighted by atomic mass is 10.2. The van der Waals surface area contributed by atoms with Crippen LogP contribution in [0.15, 0.2) is 83.9 Å². The number of rotatable bonds is 15. The number of ether oxygens (including phenoxy) is 6. The van der Waals surface area contributed by atoms with Gasteiger partial charge in [-0.2, -0.15) is 0 Å². The summed E-state index contributed by atoms with van der Waals surface area (Å²) in [5.74, 6) is 0.929. The molecule has 0 fully saturated rings. The van der Waals surface area contributed by atoms with Crippen LogP contribution in [0.4, 0.5) is 24.9 Å². The van der Waals surface area contributed by atoms with E-state index in [0.29, 0.717) is 67.1 Å². The van der Waals surface area contributed by atoms with Gasteiger partial charge in [0.25, 0.3) is 0 Å². The lowest BCUT2D eigenvalue weighted by Crippen LogP contribution is -2.50. The molecule has 3 aromatic rings. The minimum absolute atomic E-state index is 0.0302. The Morgan fingerprint density at radius 1 is 0.530 bits per heavy atom. The topological polar surface area (TPSA) is 214 Å². The highest BCUT2D eigenvalue weighted by atomic mass is 16.6. The zero-order valence-corrected chi connectivity index (χ0v) is 40.6. The largest absolute Gasteiger partial charge is 0.494 e. The van der Waals surface area contributed by atoms with Crippen LogP contribution < -0.4 is 25.0 Å². The van der Waals surface area contributed by atoms with Gasteiger partial charge in [0.1, 0.15) is 45.6 Å². The van der Waals surface area contributed by atoms with Crippen molar-refractivity contribution in [1.82, 2.24) is 15.5 Å². The Morgan fingerprint density at radius 3 is 1.35 bits per heavy atom. The van der Waals surface area contributed by atoms with Crippen LogP contribution in [-0.2, 0) is 18.9 Å². The molecule has 3 aromatic carbocycles. The first-order valence-electron chi connectivity index (χ1n) is 22.0. The van der Waals surface area contributed by atoms with E-state index in [1.54, 1.807) is 137 Å². The number of benzene rings is 3. The molecule has 4 amide bonds. The molecule has 0 aliphatic carbocycles. The molecule has 0 heterocycles. The maximum absolute atomic E-state index is 14.1. The van der Waals surface area contributed by atoms with E-state index in [0.717, 1.165) is 0 Å². The summed E-state index contributed by atoms with van der Waals surface area (Å²) < 4.78 is 34.0. The molecule has 0 saturated heterocycles. The average Bonchev–Trinajstić information content (AvgIpc) is 3.18. The van der Waals surface area contributed by atoms with Crippen LogP contribution in [-0.4, -0.2) is 95.6 Å². The van der Waals surface area contributed by atoms with Gasteiger partial charge in [-0.25, -0.2) is 24.1 Å². The van der Waals surface area contributed by atoms with Gasteiger partial charge in [0.15, 0.2) is 0 Å². The number of anilines is 1. The molecule has 4 N–H and O–H groups in total. The van der Waals surface area contributed by atoms with E-state index in [1.807, 2.05) is 30.3 Å². The lowest BCUT2D eigenvalue weighted by molar-refractivity contribution is 0.0360. The van der Waals surface area contributed by atoms with Gasteiger partial charge in [-0.1, -0.05) is 18.2 Å². The SMILES string of the molecule is CC(C)(C)OC(=O)/N=C(\N(CCCCOc1ccc(C(=N)NC(=O)OC(C)(C)C)cc1)C(=O)OC(C)(C)C)N(CCCCOc1ccc(C(=N)NC(=O)OC(C)(C)C)cc1)c1ccccc1. The molecule has 3 rings (SSSR count). The van der Waals surface area contributed by atoms with Crippen molar-refractivity contribution in [3.05, 3.63) is 90.0 Å². The van der Waals surface area contributed by atoms with E-state index in [9.17, 15) is 19.2 Å². The normalized spacial score (nSPS) is 12.0. The molecule has 0 spiro atoms.